The Morgan fingerprint density at radius 2 is 1.65 bits per heavy atom. The number of nitrogen functional groups attached to an aromatic ring is 1. The Morgan fingerprint density at radius 1 is 1.09 bits per heavy atom. The first kappa shape index (κ1) is 16.9. The van der Waals surface area contributed by atoms with Crippen molar-refractivity contribution in [2.75, 3.05) is 11.1 Å². The van der Waals surface area contributed by atoms with Crippen LogP contribution in [0.1, 0.15) is 40.9 Å². The molecule has 0 aliphatic rings. The van der Waals surface area contributed by atoms with Gasteiger partial charge in [0.1, 0.15) is 0 Å². The Morgan fingerprint density at radius 3 is 2.17 bits per heavy atom. The number of benzene rings is 2. The number of nitrogens with one attached hydrogen (secondary N) is 2. The molecule has 2 aromatic rings. The van der Waals surface area contributed by atoms with Crippen LogP contribution >= 0.6 is 0 Å². The molecular formula is C19H25N3O. The quantitative estimate of drug-likeness (QED) is 0.739. The molecule has 23 heavy (non-hydrogen) atoms. The van der Waals surface area contributed by atoms with Gasteiger partial charge in [-0.25, -0.2) is 0 Å². The number of carbonyl (C=O) groups excluding carboxylic acids is 1. The fraction of sp³-hybridized carbons (Fsp3) is 0.316. The predicted molar refractivity (Wildman–Crippen MR) is 96.7 cm³/mol. The summed E-state index contributed by atoms with van der Waals surface area (Å²) in [6.45, 7) is 8.68. The van der Waals surface area contributed by atoms with Crippen molar-refractivity contribution in [1.29, 1.82) is 0 Å². The van der Waals surface area contributed by atoms with Crippen LogP contribution in [-0.2, 0) is 6.54 Å². The van der Waals surface area contributed by atoms with Gasteiger partial charge in [-0.3, -0.25) is 4.79 Å². The molecule has 0 heterocycles. The predicted octanol–water partition coefficient (Wildman–Crippen LogP) is 3.64. The maximum atomic E-state index is 12.1. The first-order chi connectivity index (χ1) is 10.9. The highest BCUT2D eigenvalue weighted by Crippen LogP contribution is 2.23. The standard InChI is InChI=1S/C19H25N3O/c1-12(2)22-19(23)16-9-13(3)18(14(4)10-16)21-11-15-5-7-17(20)8-6-15/h5-10,12,21H,11,20H2,1-4H3,(H,22,23). The van der Waals surface area contributed by atoms with E-state index in [0.29, 0.717) is 5.56 Å². The molecule has 0 fully saturated rings. The van der Waals surface area contributed by atoms with Crippen LogP contribution in [0.5, 0.6) is 0 Å². The highest BCUT2D eigenvalue weighted by atomic mass is 16.1. The molecular weight excluding hydrogens is 286 g/mol. The zero-order valence-electron chi connectivity index (χ0n) is 14.2. The van der Waals surface area contributed by atoms with E-state index in [4.69, 9.17) is 5.73 Å². The normalized spacial score (nSPS) is 10.7. The molecule has 0 aliphatic heterocycles. The van der Waals surface area contributed by atoms with E-state index >= 15 is 0 Å². The molecule has 4 heteroatoms. The van der Waals surface area contributed by atoms with Gasteiger partial charge in [0.25, 0.3) is 5.91 Å². The largest absolute Gasteiger partial charge is 0.399 e. The Hall–Kier alpha value is -2.49. The molecule has 2 aromatic carbocycles. The first-order valence-corrected chi connectivity index (χ1v) is 7.87. The number of rotatable bonds is 5. The third-order valence-electron chi connectivity index (χ3n) is 3.66. The summed E-state index contributed by atoms with van der Waals surface area (Å²) >= 11 is 0. The van der Waals surface area contributed by atoms with Crippen molar-refractivity contribution in [1.82, 2.24) is 5.32 Å². The van der Waals surface area contributed by atoms with Crippen LogP contribution in [0.3, 0.4) is 0 Å². The number of hydrogen-bond donors (Lipinski definition) is 3. The smallest absolute Gasteiger partial charge is 0.251 e. The van der Waals surface area contributed by atoms with E-state index in [-0.39, 0.29) is 11.9 Å². The number of nitrogens with two attached hydrogens (primary N) is 1. The van der Waals surface area contributed by atoms with Crippen LogP contribution in [0.25, 0.3) is 0 Å². The van der Waals surface area contributed by atoms with Crippen molar-refractivity contribution in [3.05, 3.63) is 58.7 Å². The lowest BCUT2D eigenvalue weighted by atomic mass is 10.0. The van der Waals surface area contributed by atoms with Crippen LogP contribution < -0.4 is 16.4 Å². The second-order valence-corrected chi connectivity index (χ2v) is 6.21. The molecule has 0 atom stereocenters. The van der Waals surface area contributed by atoms with Gasteiger partial charge in [-0.2, -0.15) is 0 Å². The van der Waals surface area contributed by atoms with Crippen molar-refractivity contribution < 1.29 is 4.79 Å². The Kier molecular flexibility index (Phi) is 5.27. The van der Waals surface area contributed by atoms with E-state index in [1.54, 1.807) is 0 Å². The molecule has 0 saturated heterocycles. The molecule has 0 bridgehead atoms. The average molecular weight is 311 g/mol. The van der Waals surface area contributed by atoms with Crippen molar-refractivity contribution in [2.24, 2.45) is 0 Å². The summed E-state index contributed by atoms with van der Waals surface area (Å²) in [4.78, 5) is 12.1. The summed E-state index contributed by atoms with van der Waals surface area (Å²) in [7, 11) is 0. The number of amides is 1. The first-order valence-electron chi connectivity index (χ1n) is 7.87. The Bertz CT molecular complexity index is 667. The number of hydrogen-bond acceptors (Lipinski definition) is 3. The number of anilines is 2. The second kappa shape index (κ2) is 7.18. The van der Waals surface area contributed by atoms with Crippen molar-refractivity contribution in [3.8, 4) is 0 Å². The molecule has 1 amide bonds. The lowest BCUT2D eigenvalue weighted by molar-refractivity contribution is 0.0943. The van der Waals surface area contributed by atoms with Crippen LogP contribution in [0.2, 0.25) is 0 Å². The fourth-order valence-electron chi connectivity index (χ4n) is 2.54. The second-order valence-electron chi connectivity index (χ2n) is 6.21. The van der Waals surface area contributed by atoms with Crippen LogP contribution in [0.15, 0.2) is 36.4 Å². The van der Waals surface area contributed by atoms with Gasteiger partial charge < -0.3 is 16.4 Å². The van der Waals surface area contributed by atoms with E-state index in [9.17, 15) is 4.79 Å². The van der Waals surface area contributed by atoms with Gasteiger partial charge in [0, 0.05) is 29.5 Å². The summed E-state index contributed by atoms with van der Waals surface area (Å²) in [5.74, 6) is -0.0312. The van der Waals surface area contributed by atoms with Crippen molar-refractivity contribution in [3.63, 3.8) is 0 Å². The van der Waals surface area contributed by atoms with Crippen molar-refractivity contribution >= 4 is 17.3 Å². The monoisotopic (exact) mass is 311 g/mol. The molecule has 122 valence electrons. The summed E-state index contributed by atoms with van der Waals surface area (Å²) in [5.41, 5.74) is 11.5. The minimum absolute atomic E-state index is 0.0312. The minimum atomic E-state index is -0.0312. The van der Waals surface area contributed by atoms with Crippen LogP contribution in [0, 0.1) is 13.8 Å². The van der Waals surface area contributed by atoms with Gasteiger partial charge in [0.2, 0.25) is 0 Å². The summed E-state index contributed by atoms with van der Waals surface area (Å²) < 4.78 is 0. The highest BCUT2D eigenvalue weighted by Gasteiger charge is 2.11. The SMILES string of the molecule is Cc1cc(C(=O)NC(C)C)cc(C)c1NCc1ccc(N)cc1. The molecule has 0 unspecified atom stereocenters. The molecule has 0 aromatic heterocycles. The summed E-state index contributed by atoms with van der Waals surface area (Å²) in [6, 6.07) is 11.8. The topological polar surface area (TPSA) is 67.2 Å². The maximum Gasteiger partial charge on any atom is 0.251 e. The summed E-state index contributed by atoms with van der Waals surface area (Å²) in [5, 5.41) is 6.38. The van der Waals surface area contributed by atoms with E-state index in [1.165, 1.54) is 5.56 Å². The molecule has 0 radical (unpaired) electrons. The van der Waals surface area contributed by atoms with E-state index in [2.05, 4.69) is 10.6 Å². The van der Waals surface area contributed by atoms with Gasteiger partial charge in [-0.15, -0.1) is 0 Å². The van der Waals surface area contributed by atoms with Gasteiger partial charge in [-0.05, 0) is 68.7 Å². The zero-order chi connectivity index (χ0) is 17.0. The minimum Gasteiger partial charge on any atom is -0.399 e. The third kappa shape index (κ3) is 4.49. The Balaban J connectivity index is 2.13. The lowest BCUT2D eigenvalue weighted by Crippen LogP contribution is -2.30. The Labute approximate surface area is 138 Å². The van der Waals surface area contributed by atoms with E-state index in [0.717, 1.165) is 29.0 Å². The van der Waals surface area contributed by atoms with Crippen LogP contribution in [0.4, 0.5) is 11.4 Å². The molecule has 4 N–H and O–H groups in total. The third-order valence-corrected chi connectivity index (χ3v) is 3.66. The average Bonchev–Trinajstić information content (AvgIpc) is 2.47. The summed E-state index contributed by atoms with van der Waals surface area (Å²) in [6.07, 6.45) is 0. The number of aryl methyl sites for hydroxylation is 2. The van der Waals surface area contributed by atoms with Gasteiger partial charge >= 0.3 is 0 Å². The van der Waals surface area contributed by atoms with Gasteiger partial charge in [-0.1, -0.05) is 12.1 Å². The van der Waals surface area contributed by atoms with E-state index in [1.807, 2.05) is 64.1 Å². The number of carbonyl (C=O) groups is 1. The molecule has 0 spiro atoms. The molecule has 0 saturated carbocycles. The maximum absolute atomic E-state index is 12.1. The highest BCUT2D eigenvalue weighted by molar-refractivity contribution is 5.95. The lowest BCUT2D eigenvalue weighted by Gasteiger charge is -2.16. The van der Waals surface area contributed by atoms with E-state index < -0.39 is 0 Å². The molecule has 4 nitrogen and oxygen atoms in total. The van der Waals surface area contributed by atoms with Gasteiger partial charge in [0.15, 0.2) is 0 Å². The zero-order valence-corrected chi connectivity index (χ0v) is 14.2. The molecule has 0 aliphatic carbocycles. The van der Waals surface area contributed by atoms with Crippen molar-refractivity contribution in [2.45, 2.75) is 40.3 Å². The fourth-order valence-corrected chi connectivity index (χ4v) is 2.54. The molecule has 2 rings (SSSR count). The van der Waals surface area contributed by atoms with Crippen LogP contribution in [-0.4, -0.2) is 11.9 Å². The van der Waals surface area contributed by atoms with Gasteiger partial charge in [0.05, 0.1) is 0 Å².